The zero-order chi connectivity index (χ0) is 13.8. The van der Waals surface area contributed by atoms with E-state index in [0.717, 1.165) is 28.5 Å². The number of esters is 1. The van der Waals surface area contributed by atoms with Gasteiger partial charge in [-0.3, -0.25) is 9.78 Å². The second kappa shape index (κ2) is 5.83. The van der Waals surface area contributed by atoms with Crippen LogP contribution in [0.4, 0.5) is 0 Å². The summed E-state index contributed by atoms with van der Waals surface area (Å²) < 4.78 is 4.83. The first-order chi connectivity index (χ1) is 9.13. The molecule has 1 heterocycles. The lowest BCUT2D eigenvalue weighted by molar-refractivity contribution is -0.145. The number of benzene rings is 1. The van der Waals surface area contributed by atoms with Gasteiger partial charge in [0.25, 0.3) is 0 Å². The molecule has 0 N–H and O–H groups in total. The lowest BCUT2D eigenvalue weighted by Crippen LogP contribution is -2.17. The molecule has 2 rings (SSSR count). The number of hydrogen-bond acceptors (Lipinski definition) is 3. The van der Waals surface area contributed by atoms with Crippen LogP contribution in [0.3, 0.4) is 0 Å². The molecule has 0 spiro atoms. The number of nitrogens with zero attached hydrogens (tertiary/aromatic N) is 1. The standard InChI is InChI=1S/C16H19NO2/c1-4-13(16(18)19-3)8-12-5-6-15-14(9-12)7-11(2)10-17-15/h5-7,9-10,13H,4,8H2,1-3H3. The number of carbonyl (C=O) groups excluding carboxylic acids is 1. The first kappa shape index (κ1) is 13.5. The van der Waals surface area contributed by atoms with Crippen LogP contribution in [0.1, 0.15) is 24.5 Å². The molecular formula is C16H19NO2. The van der Waals surface area contributed by atoms with Crippen molar-refractivity contribution in [3.8, 4) is 0 Å². The maximum Gasteiger partial charge on any atom is 0.308 e. The molecule has 0 fully saturated rings. The van der Waals surface area contributed by atoms with Gasteiger partial charge in [0.15, 0.2) is 0 Å². The minimum absolute atomic E-state index is 0.0692. The highest BCUT2D eigenvalue weighted by Gasteiger charge is 2.17. The van der Waals surface area contributed by atoms with Crippen LogP contribution in [0.2, 0.25) is 0 Å². The molecule has 3 nitrogen and oxygen atoms in total. The molecule has 0 saturated heterocycles. The third-order valence-corrected chi connectivity index (χ3v) is 3.39. The van der Waals surface area contributed by atoms with E-state index >= 15 is 0 Å². The van der Waals surface area contributed by atoms with Crippen LogP contribution in [0.15, 0.2) is 30.5 Å². The SMILES string of the molecule is CCC(Cc1ccc2ncc(C)cc2c1)C(=O)OC. The molecule has 100 valence electrons. The van der Waals surface area contributed by atoms with Crippen LogP contribution in [-0.2, 0) is 16.0 Å². The fourth-order valence-electron chi connectivity index (χ4n) is 2.26. The molecule has 0 saturated carbocycles. The predicted molar refractivity (Wildman–Crippen MR) is 76.0 cm³/mol. The molecule has 2 aromatic rings. The van der Waals surface area contributed by atoms with Gasteiger partial charge in [0.05, 0.1) is 18.5 Å². The number of carbonyl (C=O) groups is 1. The lowest BCUT2D eigenvalue weighted by atomic mass is 9.96. The Labute approximate surface area is 113 Å². The van der Waals surface area contributed by atoms with Gasteiger partial charge in [-0.1, -0.05) is 13.0 Å². The van der Waals surface area contributed by atoms with Crippen molar-refractivity contribution < 1.29 is 9.53 Å². The maximum absolute atomic E-state index is 11.6. The maximum atomic E-state index is 11.6. The van der Waals surface area contributed by atoms with E-state index in [1.54, 1.807) is 0 Å². The molecule has 1 atom stereocenters. The van der Waals surface area contributed by atoms with Crippen LogP contribution in [0.25, 0.3) is 10.9 Å². The Kier molecular flexibility index (Phi) is 4.15. The quantitative estimate of drug-likeness (QED) is 0.789. The van der Waals surface area contributed by atoms with E-state index in [0.29, 0.717) is 6.42 Å². The van der Waals surface area contributed by atoms with Crippen molar-refractivity contribution in [2.75, 3.05) is 7.11 Å². The molecular weight excluding hydrogens is 238 g/mol. The second-order valence-electron chi connectivity index (χ2n) is 4.87. The molecule has 0 amide bonds. The molecule has 3 heteroatoms. The zero-order valence-corrected chi connectivity index (χ0v) is 11.6. The Morgan fingerprint density at radius 1 is 1.37 bits per heavy atom. The third kappa shape index (κ3) is 3.11. The van der Waals surface area contributed by atoms with Crippen LogP contribution >= 0.6 is 0 Å². The first-order valence-electron chi connectivity index (χ1n) is 6.57. The fourth-order valence-corrected chi connectivity index (χ4v) is 2.26. The van der Waals surface area contributed by atoms with Crippen molar-refractivity contribution in [2.45, 2.75) is 26.7 Å². The van der Waals surface area contributed by atoms with Gasteiger partial charge in [0.2, 0.25) is 0 Å². The summed E-state index contributed by atoms with van der Waals surface area (Å²) in [6, 6.07) is 8.27. The van der Waals surface area contributed by atoms with E-state index in [4.69, 9.17) is 4.74 Å². The van der Waals surface area contributed by atoms with Crippen molar-refractivity contribution in [2.24, 2.45) is 5.92 Å². The summed E-state index contributed by atoms with van der Waals surface area (Å²) in [5.41, 5.74) is 3.28. The summed E-state index contributed by atoms with van der Waals surface area (Å²) in [6.07, 6.45) is 3.37. The number of fused-ring (bicyclic) bond motifs is 1. The third-order valence-electron chi connectivity index (χ3n) is 3.39. The van der Waals surface area contributed by atoms with Gasteiger partial charge in [0.1, 0.15) is 0 Å². The monoisotopic (exact) mass is 257 g/mol. The van der Waals surface area contributed by atoms with Crippen molar-refractivity contribution in [3.63, 3.8) is 0 Å². The number of ether oxygens (including phenoxy) is 1. The summed E-state index contributed by atoms with van der Waals surface area (Å²) in [4.78, 5) is 16.0. The van der Waals surface area contributed by atoms with Crippen LogP contribution < -0.4 is 0 Å². The summed E-state index contributed by atoms with van der Waals surface area (Å²) in [5, 5.41) is 1.12. The summed E-state index contributed by atoms with van der Waals surface area (Å²) in [5.74, 6) is -0.204. The molecule has 19 heavy (non-hydrogen) atoms. The Balaban J connectivity index is 2.27. The highest BCUT2D eigenvalue weighted by Crippen LogP contribution is 2.19. The minimum Gasteiger partial charge on any atom is -0.469 e. The van der Waals surface area contributed by atoms with E-state index in [9.17, 15) is 4.79 Å². The molecule has 1 aromatic carbocycles. The van der Waals surface area contributed by atoms with E-state index in [-0.39, 0.29) is 11.9 Å². The second-order valence-corrected chi connectivity index (χ2v) is 4.87. The Morgan fingerprint density at radius 3 is 2.84 bits per heavy atom. The number of hydrogen-bond donors (Lipinski definition) is 0. The number of methoxy groups -OCH3 is 1. The summed E-state index contributed by atoms with van der Waals surface area (Å²) in [7, 11) is 1.44. The molecule has 0 radical (unpaired) electrons. The Hall–Kier alpha value is -1.90. The highest BCUT2D eigenvalue weighted by atomic mass is 16.5. The lowest BCUT2D eigenvalue weighted by Gasteiger charge is -2.12. The molecule has 0 aliphatic carbocycles. The number of pyridine rings is 1. The van der Waals surface area contributed by atoms with E-state index < -0.39 is 0 Å². The van der Waals surface area contributed by atoms with Crippen molar-refractivity contribution in [1.82, 2.24) is 4.98 Å². The van der Waals surface area contributed by atoms with Gasteiger partial charge >= 0.3 is 5.97 Å². The van der Waals surface area contributed by atoms with Crippen LogP contribution in [0, 0.1) is 12.8 Å². The highest BCUT2D eigenvalue weighted by molar-refractivity contribution is 5.80. The number of aromatic nitrogens is 1. The topological polar surface area (TPSA) is 39.2 Å². The van der Waals surface area contributed by atoms with Crippen molar-refractivity contribution in [1.29, 1.82) is 0 Å². The minimum atomic E-state index is -0.134. The largest absolute Gasteiger partial charge is 0.469 e. The summed E-state index contributed by atoms with van der Waals surface area (Å²) in [6.45, 7) is 4.04. The molecule has 0 bridgehead atoms. The molecule has 0 aliphatic rings. The van der Waals surface area contributed by atoms with E-state index in [2.05, 4.69) is 17.1 Å². The number of rotatable bonds is 4. The van der Waals surface area contributed by atoms with Gasteiger partial charge in [0, 0.05) is 11.6 Å². The van der Waals surface area contributed by atoms with Crippen molar-refractivity contribution in [3.05, 3.63) is 41.6 Å². The van der Waals surface area contributed by atoms with E-state index in [1.165, 1.54) is 7.11 Å². The van der Waals surface area contributed by atoms with Gasteiger partial charge < -0.3 is 4.74 Å². The van der Waals surface area contributed by atoms with Gasteiger partial charge in [-0.05, 0) is 49.1 Å². The molecule has 0 aliphatic heterocycles. The number of aryl methyl sites for hydroxylation is 1. The zero-order valence-electron chi connectivity index (χ0n) is 11.6. The Morgan fingerprint density at radius 2 is 2.16 bits per heavy atom. The summed E-state index contributed by atoms with van der Waals surface area (Å²) >= 11 is 0. The van der Waals surface area contributed by atoms with Gasteiger partial charge in [-0.25, -0.2) is 0 Å². The normalized spacial score (nSPS) is 12.4. The van der Waals surface area contributed by atoms with Crippen LogP contribution in [0.5, 0.6) is 0 Å². The predicted octanol–water partition coefficient (Wildman–Crippen LogP) is 3.28. The Bertz CT molecular complexity index is 592. The van der Waals surface area contributed by atoms with Crippen molar-refractivity contribution >= 4 is 16.9 Å². The first-order valence-corrected chi connectivity index (χ1v) is 6.57. The van der Waals surface area contributed by atoms with E-state index in [1.807, 2.05) is 32.2 Å². The fraction of sp³-hybridized carbons (Fsp3) is 0.375. The average molecular weight is 257 g/mol. The average Bonchev–Trinajstić information content (AvgIpc) is 2.43. The molecule has 1 unspecified atom stereocenters. The smallest absolute Gasteiger partial charge is 0.308 e. The van der Waals surface area contributed by atoms with Gasteiger partial charge in [-0.2, -0.15) is 0 Å². The van der Waals surface area contributed by atoms with Gasteiger partial charge in [-0.15, -0.1) is 0 Å². The van der Waals surface area contributed by atoms with Crippen LogP contribution in [-0.4, -0.2) is 18.1 Å². The molecule has 1 aromatic heterocycles.